The first-order valence-corrected chi connectivity index (χ1v) is 18.2. The zero-order valence-corrected chi connectivity index (χ0v) is 32.6. The summed E-state index contributed by atoms with van der Waals surface area (Å²) in [6.45, 7) is 1.82. The number of carbonyl (C=O) groups is 1. The molecule has 20 atom stereocenters. The predicted molar refractivity (Wildman–Crippen MR) is 200 cm³/mol. The van der Waals surface area contributed by atoms with Gasteiger partial charge < -0.3 is 44.1 Å². The number of esters is 1. The summed E-state index contributed by atoms with van der Waals surface area (Å²) in [5.74, 6) is -1.62. The molecule has 63 heavy (non-hydrogen) atoms. The van der Waals surface area contributed by atoms with Crippen LogP contribution in [0, 0.1) is 5.92 Å². The van der Waals surface area contributed by atoms with Gasteiger partial charge >= 0.3 is 5.97 Å². The van der Waals surface area contributed by atoms with Crippen LogP contribution in [-0.4, -0.2) is 156 Å². The molecule has 36 heteroatoms. The van der Waals surface area contributed by atoms with Crippen molar-refractivity contribution in [3.05, 3.63) is 83.5 Å². The van der Waals surface area contributed by atoms with E-state index < -0.39 is 135 Å². The molecule has 34 nitrogen and oxygen atoms in total. The van der Waals surface area contributed by atoms with Crippen LogP contribution in [-0.2, 0) is 28.5 Å². The molecule has 2 aliphatic carbocycles. The van der Waals surface area contributed by atoms with Gasteiger partial charge in [0.25, 0.3) is 0 Å². The van der Waals surface area contributed by atoms with E-state index in [-0.39, 0.29) is 19.4 Å². The lowest BCUT2D eigenvalue weighted by Crippen LogP contribution is -2.61. The van der Waals surface area contributed by atoms with E-state index in [0.717, 1.165) is 6.92 Å². The Hall–Kier alpha value is -6.51. The third-order valence-corrected chi connectivity index (χ3v) is 10.2. The molecule has 2 aliphatic heterocycles. The van der Waals surface area contributed by atoms with Crippen LogP contribution in [0.1, 0.15) is 26.7 Å². The Kier molecular flexibility index (Phi) is 20.0. The fourth-order valence-corrected chi connectivity index (χ4v) is 7.15. The average Bonchev–Trinajstić information content (AvgIpc) is 3.25. The van der Waals surface area contributed by atoms with E-state index in [1.54, 1.807) is 0 Å². The summed E-state index contributed by atoms with van der Waals surface area (Å²) in [6, 6.07) is -7.73. The third-order valence-electron chi connectivity index (χ3n) is 10.2. The van der Waals surface area contributed by atoms with Gasteiger partial charge in [0.1, 0.15) is 48.8 Å². The van der Waals surface area contributed by atoms with E-state index in [1.165, 1.54) is 6.92 Å². The molecule has 0 spiro atoms. The maximum Gasteiger partial charge on any atom is 0.303 e. The first-order valence-electron chi connectivity index (χ1n) is 18.2. The summed E-state index contributed by atoms with van der Waals surface area (Å²) in [4.78, 5) is 32.2. The van der Waals surface area contributed by atoms with Crippen LogP contribution in [0.15, 0.2) is 40.9 Å². The van der Waals surface area contributed by atoms with Gasteiger partial charge in [0.15, 0.2) is 12.6 Å². The summed E-state index contributed by atoms with van der Waals surface area (Å²) in [7, 11) is 0. The van der Waals surface area contributed by atoms with Gasteiger partial charge in [0, 0.05) is 52.1 Å². The van der Waals surface area contributed by atoms with Crippen molar-refractivity contribution in [3.8, 4) is 0 Å². The Balaban J connectivity index is 0.000000337. The van der Waals surface area contributed by atoms with Crippen LogP contribution in [0.5, 0.6) is 0 Å². The number of nitrogens with zero attached hydrogens (tertiary/aromatic N) is 24. The van der Waals surface area contributed by atoms with Crippen molar-refractivity contribution in [1.82, 2.24) is 0 Å². The lowest BCUT2D eigenvalue weighted by atomic mass is 9.84. The van der Waals surface area contributed by atoms with Crippen LogP contribution in [0.2, 0.25) is 0 Å². The molecular weight excluding hydrogens is 858 g/mol. The maximum atomic E-state index is 15.0. The number of aliphatic hydroxyl groups is 4. The highest BCUT2D eigenvalue weighted by Gasteiger charge is 2.52. The molecule has 2 saturated heterocycles. The molecule has 0 aromatic heterocycles. The van der Waals surface area contributed by atoms with Crippen molar-refractivity contribution in [3.63, 3.8) is 0 Å². The van der Waals surface area contributed by atoms with Crippen LogP contribution in [0.25, 0.3) is 83.5 Å². The minimum atomic E-state index is -2.18. The second-order valence-corrected chi connectivity index (χ2v) is 13.8. The van der Waals surface area contributed by atoms with Crippen LogP contribution in [0.3, 0.4) is 0 Å². The van der Waals surface area contributed by atoms with Gasteiger partial charge in [0.2, 0.25) is 0 Å². The largest absolute Gasteiger partial charge is 0.459 e. The molecule has 0 bridgehead atoms. The predicted octanol–water partition coefficient (Wildman–Crippen LogP) is 4.38. The number of ether oxygens (including phenoxy) is 5. The van der Waals surface area contributed by atoms with E-state index in [4.69, 9.17) is 67.9 Å². The summed E-state index contributed by atoms with van der Waals surface area (Å²) < 4.78 is 57.1. The van der Waals surface area contributed by atoms with E-state index in [1.807, 2.05) is 0 Å². The van der Waals surface area contributed by atoms with Crippen molar-refractivity contribution in [2.75, 3.05) is 13.1 Å². The normalized spacial score (nSPS) is 39.2. The monoisotopic (exact) mass is 896 g/mol. The van der Waals surface area contributed by atoms with E-state index in [9.17, 15) is 29.6 Å². The van der Waals surface area contributed by atoms with Gasteiger partial charge in [-0.15, -0.1) is 0 Å². The van der Waals surface area contributed by atoms with Crippen LogP contribution < -0.4 is 0 Å². The molecule has 0 radical (unpaired) electrons. The number of hydrogen-bond acceptors (Lipinski definition) is 18. The highest BCUT2D eigenvalue weighted by Crippen LogP contribution is 2.37. The molecule has 2 heterocycles. The number of alkyl halides is 2. The molecule has 4 N–H and O–H groups in total. The second kappa shape index (κ2) is 24.8. The Morgan fingerprint density at radius 1 is 0.571 bits per heavy atom. The summed E-state index contributed by atoms with van der Waals surface area (Å²) in [5.41, 5.74) is 69.7. The second-order valence-electron chi connectivity index (χ2n) is 13.8. The molecule has 0 unspecified atom stereocenters. The number of halogens is 2. The molecule has 2 saturated carbocycles. The Bertz CT molecular complexity index is 1990. The Morgan fingerprint density at radius 2 is 0.984 bits per heavy atom. The number of rotatable bonds is 15. The minimum absolute atomic E-state index is 0.176. The molecule has 4 rings (SSSR count). The molecule has 0 amide bonds. The molecule has 4 aliphatic rings. The van der Waals surface area contributed by atoms with E-state index in [0.29, 0.717) is 0 Å². The van der Waals surface area contributed by atoms with Crippen LogP contribution >= 0.6 is 0 Å². The van der Waals surface area contributed by atoms with Crippen LogP contribution in [0.4, 0.5) is 8.78 Å². The van der Waals surface area contributed by atoms with Crippen molar-refractivity contribution < 1.29 is 57.7 Å². The molecule has 0 aromatic carbocycles. The first-order chi connectivity index (χ1) is 30.2. The SMILES string of the molecule is CC(=O)O[C@@H]1[C@@H](O)[C@H](O[C@H]2O[C@H](CN=[N+]=[N-])[C@@H](C)[C@@H](F)[C@H]2N=[N+]=[N-])[C@@H](N=[N+]=[N-])C[C@H]1N=[N+]=[N-].[N-]=[N+]=NC[C@H]1O[C@H](O[C@H]2[C@H](O)[C@@H](O)[C@H](N=[N+]=[N-])C[C@@H]2N=[N+]=[N-])[C@H](N=[N+]=[N-])[C@H](F)[C@@H]1O. The standard InChI is InChI=1S/C15H21FN12O5.C12H17FN12O5/c1-5-9(4-21-25-17)32-15(11(10(5)16)24-28-20)33-14-8(23-27-19)3-7(22-26-18)13(12(14)30)31-6(2)29;13-6-7(21-25-17)12(29-5(9(6)27)2-18-22-14)30-11-4(20-24-16)1-3(19-23-15)8(26)10(11)28/h5,7-15,30H,3-4H2,1-2H3;3-12,26-28H,1-2H2/t5-,7-,8+,9-,10-,11-,12-,13+,14-,15-;3-,4+,5-,6+,7-,8+,9-,10-,11-,12-/m11/s1. The minimum Gasteiger partial charge on any atom is -0.459 e. The summed E-state index contributed by atoms with van der Waals surface area (Å²) >= 11 is 0. The van der Waals surface area contributed by atoms with Gasteiger partial charge in [0.05, 0.1) is 67.8 Å². The Morgan fingerprint density at radius 3 is 1.46 bits per heavy atom. The van der Waals surface area contributed by atoms with Crippen molar-refractivity contribution in [1.29, 1.82) is 0 Å². The van der Waals surface area contributed by atoms with Gasteiger partial charge in [-0.05, 0) is 57.1 Å². The lowest BCUT2D eigenvalue weighted by Gasteiger charge is -2.45. The number of hydrogen-bond donors (Lipinski definition) is 4. The van der Waals surface area contributed by atoms with E-state index in [2.05, 4.69) is 80.2 Å². The fourth-order valence-electron chi connectivity index (χ4n) is 7.15. The van der Waals surface area contributed by atoms with Gasteiger partial charge in [-0.1, -0.05) is 47.8 Å². The number of aliphatic hydroxyl groups excluding tert-OH is 4. The average molecular weight is 897 g/mol. The first kappa shape index (κ1) is 50.8. The highest BCUT2D eigenvalue weighted by atomic mass is 19.1. The number of azide groups is 8. The molecule has 340 valence electrons. The maximum absolute atomic E-state index is 15.0. The van der Waals surface area contributed by atoms with Crippen molar-refractivity contribution in [2.24, 2.45) is 46.8 Å². The fraction of sp³-hybridized carbons (Fsp3) is 0.963. The van der Waals surface area contributed by atoms with Gasteiger partial charge in [-0.2, -0.15) is 0 Å². The molecule has 4 fully saturated rings. The highest BCUT2D eigenvalue weighted by molar-refractivity contribution is 5.66. The topological polar surface area (TPSA) is 534 Å². The molecular formula is C27H38F2N24O10. The summed E-state index contributed by atoms with van der Waals surface area (Å²) in [6.07, 6.45) is -21.0. The molecule has 0 aromatic rings. The Labute approximate surface area is 350 Å². The lowest BCUT2D eigenvalue weighted by molar-refractivity contribution is -0.280. The van der Waals surface area contributed by atoms with Crippen molar-refractivity contribution in [2.45, 2.75) is 143 Å². The summed E-state index contributed by atoms with van der Waals surface area (Å²) in [5, 5.41) is 68.4. The zero-order chi connectivity index (χ0) is 46.8. The van der Waals surface area contributed by atoms with Gasteiger partial charge in [-0.25, -0.2) is 8.78 Å². The third kappa shape index (κ3) is 12.8. The smallest absolute Gasteiger partial charge is 0.303 e. The number of carbonyl (C=O) groups excluding carboxylic acids is 1. The zero-order valence-electron chi connectivity index (χ0n) is 32.6. The van der Waals surface area contributed by atoms with Gasteiger partial charge in [-0.3, -0.25) is 4.79 Å². The van der Waals surface area contributed by atoms with Crippen molar-refractivity contribution >= 4 is 5.97 Å². The van der Waals surface area contributed by atoms with E-state index >= 15 is 4.39 Å². The quantitative estimate of drug-likeness (QED) is 0.0777.